The van der Waals surface area contributed by atoms with Crippen LogP contribution in [0.4, 0.5) is 0 Å². The van der Waals surface area contributed by atoms with E-state index in [-0.39, 0.29) is 17.9 Å². The van der Waals surface area contributed by atoms with Gasteiger partial charge in [-0.15, -0.1) is 0 Å². The molecule has 3 N–H and O–H groups in total. The lowest BCUT2D eigenvalue weighted by Gasteiger charge is -2.14. The van der Waals surface area contributed by atoms with Crippen LogP contribution in [0.2, 0.25) is 0 Å². The Morgan fingerprint density at radius 2 is 1.94 bits per heavy atom. The number of primary amides is 1. The molecule has 17 heavy (non-hydrogen) atoms. The van der Waals surface area contributed by atoms with E-state index >= 15 is 0 Å². The number of carbonyl (C=O) groups excluding carboxylic acids is 1. The topological polar surface area (TPSA) is 115 Å². The third-order valence-electron chi connectivity index (χ3n) is 3.00. The first kappa shape index (κ1) is 14.0. The van der Waals surface area contributed by atoms with Crippen LogP contribution in [0.3, 0.4) is 0 Å². The van der Waals surface area contributed by atoms with Crippen LogP contribution in [0.5, 0.6) is 0 Å². The Balaban J connectivity index is 2.61. The quantitative estimate of drug-likeness (QED) is 0.659. The molecule has 0 aromatic carbocycles. The van der Waals surface area contributed by atoms with Crippen LogP contribution in [0.25, 0.3) is 0 Å². The fourth-order valence-electron chi connectivity index (χ4n) is 1.86. The second-order valence-corrected chi connectivity index (χ2v) is 7.04. The van der Waals surface area contributed by atoms with Gasteiger partial charge >= 0.3 is 5.97 Å². The molecule has 0 radical (unpaired) electrons. The van der Waals surface area contributed by atoms with Crippen molar-refractivity contribution >= 4 is 21.7 Å². The molecule has 1 aliphatic carbocycles. The number of sulfone groups is 1. The summed E-state index contributed by atoms with van der Waals surface area (Å²) in [6.07, 6.45) is 1.10. The van der Waals surface area contributed by atoms with Gasteiger partial charge in [0, 0.05) is 5.92 Å². The number of nitrogens with two attached hydrogens (primary N) is 1. The number of carboxylic acids is 1. The highest BCUT2D eigenvalue weighted by Crippen LogP contribution is 2.50. The minimum absolute atomic E-state index is 0.128. The largest absolute Gasteiger partial charge is 0.481 e. The average molecular weight is 263 g/mol. The number of hydrogen-bond acceptors (Lipinski definition) is 4. The molecule has 0 aromatic heterocycles. The summed E-state index contributed by atoms with van der Waals surface area (Å²) in [5, 5.41) is 8.69. The molecule has 0 heterocycles. The molecule has 1 amide bonds. The standard InChI is InChI=1S/C10H17NO5S/c1-7(9(11)14)5-17(15,16)6-10(2-3-10)4-8(12)13/h7H,2-6H2,1H3,(H2,11,14)(H,12,13). The zero-order valence-electron chi connectivity index (χ0n) is 9.68. The van der Waals surface area contributed by atoms with E-state index in [0.29, 0.717) is 12.8 Å². The van der Waals surface area contributed by atoms with Gasteiger partial charge in [0.05, 0.1) is 17.9 Å². The van der Waals surface area contributed by atoms with E-state index < -0.39 is 33.0 Å². The van der Waals surface area contributed by atoms with Crippen molar-refractivity contribution in [2.24, 2.45) is 17.1 Å². The van der Waals surface area contributed by atoms with Crippen molar-refractivity contribution in [2.45, 2.75) is 26.2 Å². The maximum absolute atomic E-state index is 11.8. The molecule has 0 saturated heterocycles. The van der Waals surface area contributed by atoms with Crippen molar-refractivity contribution in [3.8, 4) is 0 Å². The van der Waals surface area contributed by atoms with E-state index in [9.17, 15) is 18.0 Å². The highest BCUT2D eigenvalue weighted by atomic mass is 32.2. The van der Waals surface area contributed by atoms with E-state index in [1.54, 1.807) is 0 Å². The number of rotatable bonds is 7. The van der Waals surface area contributed by atoms with E-state index in [1.165, 1.54) is 6.92 Å². The van der Waals surface area contributed by atoms with Gasteiger partial charge in [0.15, 0.2) is 9.84 Å². The summed E-state index contributed by atoms with van der Waals surface area (Å²) in [5.74, 6) is -2.84. The first-order chi connectivity index (χ1) is 7.66. The van der Waals surface area contributed by atoms with Gasteiger partial charge in [0.2, 0.25) is 5.91 Å². The molecule has 1 atom stereocenters. The van der Waals surface area contributed by atoms with Crippen molar-refractivity contribution in [1.29, 1.82) is 0 Å². The molecular formula is C10H17NO5S. The average Bonchev–Trinajstić information content (AvgIpc) is 2.80. The van der Waals surface area contributed by atoms with Crippen molar-refractivity contribution in [1.82, 2.24) is 0 Å². The lowest BCUT2D eigenvalue weighted by molar-refractivity contribution is -0.138. The van der Waals surface area contributed by atoms with E-state index in [2.05, 4.69) is 0 Å². The number of amides is 1. The van der Waals surface area contributed by atoms with Crippen molar-refractivity contribution in [2.75, 3.05) is 11.5 Å². The van der Waals surface area contributed by atoms with Gasteiger partial charge in [0.25, 0.3) is 0 Å². The molecule has 1 saturated carbocycles. The van der Waals surface area contributed by atoms with Crippen LogP contribution in [0, 0.1) is 11.3 Å². The molecule has 0 bridgehead atoms. The smallest absolute Gasteiger partial charge is 0.303 e. The van der Waals surface area contributed by atoms with Gasteiger partial charge in [0.1, 0.15) is 0 Å². The second-order valence-electron chi connectivity index (χ2n) is 4.93. The third kappa shape index (κ3) is 4.33. The van der Waals surface area contributed by atoms with Gasteiger partial charge in [-0.1, -0.05) is 6.92 Å². The number of aliphatic carboxylic acids is 1. The van der Waals surface area contributed by atoms with Crippen LogP contribution in [-0.4, -0.2) is 36.9 Å². The molecule has 0 aliphatic heterocycles. The Kier molecular flexibility index (Phi) is 3.81. The monoisotopic (exact) mass is 263 g/mol. The van der Waals surface area contributed by atoms with E-state index in [4.69, 9.17) is 10.8 Å². The zero-order valence-corrected chi connectivity index (χ0v) is 10.5. The molecular weight excluding hydrogens is 246 g/mol. The highest BCUT2D eigenvalue weighted by Gasteiger charge is 2.47. The van der Waals surface area contributed by atoms with E-state index in [0.717, 1.165) is 0 Å². The maximum atomic E-state index is 11.8. The Morgan fingerprint density at radius 1 is 1.41 bits per heavy atom. The summed E-state index contributed by atoms with van der Waals surface area (Å²) in [4.78, 5) is 21.4. The minimum atomic E-state index is -3.43. The molecule has 1 unspecified atom stereocenters. The Hall–Kier alpha value is -1.11. The molecule has 6 nitrogen and oxygen atoms in total. The summed E-state index contributed by atoms with van der Waals surface area (Å²) in [5.41, 5.74) is 4.40. The van der Waals surface area contributed by atoms with Gasteiger partial charge in [-0.25, -0.2) is 8.42 Å². The van der Waals surface area contributed by atoms with Gasteiger partial charge in [-0.2, -0.15) is 0 Å². The van der Waals surface area contributed by atoms with E-state index in [1.807, 2.05) is 0 Å². The molecule has 98 valence electrons. The second kappa shape index (κ2) is 4.64. The molecule has 1 rings (SSSR count). The molecule has 1 fully saturated rings. The van der Waals surface area contributed by atoms with Crippen LogP contribution in [0.1, 0.15) is 26.2 Å². The predicted molar refractivity (Wildman–Crippen MR) is 60.9 cm³/mol. The third-order valence-corrected chi connectivity index (χ3v) is 5.06. The maximum Gasteiger partial charge on any atom is 0.303 e. The van der Waals surface area contributed by atoms with Crippen LogP contribution >= 0.6 is 0 Å². The van der Waals surface area contributed by atoms with Gasteiger partial charge in [-0.3, -0.25) is 9.59 Å². The fraction of sp³-hybridized carbons (Fsp3) is 0.800. The summed E-state index contributed by atoms with van der Waals surface area (Å²) < 4.78 is 23.6. The Labute approximate surface area is 100 Å². The fourth-order valence-corrected chi connectivity index (χ4v) is 4.23. The van der Waals surface area contributed by atoms with Crippen molar-refractivity contribution in [3.05, 3.63) is 0 Å². The Bertz CT molecular complexity index is 424. The number of hydrogen-bond donors (Lipinski definition) is 2. The van der Waals surface area contributed by atoms with Gasteiger partial charge < -0.3 is 10.8 Å². The minimum Gasteiger partial charge on any atom is -0.481 e. The van der Waals surface area contributed by atoms with Gasteiger partial charge in [-0.05, 0) is 18.3 Å². The summed E-state index contributed by atoms with van der Waals surface area (Å²) >= 11 is 0. The van der Waals surface area contributed by atoms with Crippen molar-refractivity contribution in [3.63, 3.8) is 0 Å². The summed E-state index contributed by atoms with van der Waals surface area (Å²) in [6, 6.07) is 0. The lowest BCUT2D eigenvalue weighted by Crippen LogP contribution is -2.31. The highest BCUT2D eigenvalue weighted by molar-refractivity contribution is 7.91. The number of carboxylic acid groups (broad SMARTS) is 1. The number of carbonyl (C=O) groups is 2. The summed E-state index contributed by atoms with van der Waals surface area (Å²) in [7, 11) is -3.43. The zero-order chi connectivity index (χ0) is 13.3. The molecule has 7 heteroatoms. The SMILES string of the molecule is CC(CS(=O)(=O)CC1(CC(=O)O)CC1)C(N)=O. The predicted octanol–water partition coefficient (Wildman–Crippen LogP) is -0.222. The molecule has 1 aliphatic rings. The Morgan fingerprint density at radius 3 is 2.29 bits per heavy atom. The van der Waals surface area contributed by atoms with Crippen molar-refractivity contribution < 1.29 is 23.1 Å². The molecule has 0 spiro atoms. The molecule has 0 aromatic rings. The lowest BCUT2D eigenvalue weighted by atomic mass is 10.1. The first-order valence-electron chi connectivity index (χ1n) is 5.37. The first-order valence-corrected chi connectivity index (χ1v) is 7.19. The van der Waals surface area contributed by atoms with Crippen LogP contribution in [-0.2, 0) is 19.4 Å². The summed E-state index contributed by atoms with van der Waals surface area (Å²) in [6.45, 7) is 1.46. The normalized spacial score (nSPS) is 19.6. The van der Waals surface area contributed by atoms with Crippen LogP contribution in [0.15, 0.2) is 0 Å². The van der Waals surface area contributed by atoms with Crippen LogP contribution < -0.4 is 5.73 Å².